The van der Waals surface area contributed by atoms with Crippen molar-refractivity contribution in [2.75, 3.05) is 14.2 Å². The lowest BCUT2D eigenvalue weighted by atomic mass is 10.1. The van der Waals surface area contributed by atoms with Gasteiger partial charge >= 0.3 is 0 Å². The molecule has 0 N–H and O–H groups in total. The molecule has 4 aliphatic rings. The molecule has 0 saturated carbocycles. The zero-order valence-corrected chi connectivity index (χ0v) is 16.9. The zero-order chi connectivity index (χ0) is 20.1. The summed E-state index contributed by atoms with van der Waals surface area (Å²) in [6.45, 7) is 7.42. The van der Waals surface area contributed by atoms with Gasteiger partial charge in [0.25, 0.3) is 0 Å². The molecule has 4 fully saturated rings. The standard InChI is InChI=1S/C20H26O8/c1-19(2)25-13-11(23-17(21-5)15(13)27-19)9-7-8-10-12-14-16(18(22-6)24-12)28-20(3,4)26-14/h11-18H,1-6H3/t11-,12-,13+,14+,15+,16+,17+,18+/m1/s1. The van der Waals surface area contributed by atoms with Gasteiger partial charge < -0.3 is 37.9 Å². The van der Waals surface area contributed by atoms with Crippen molar-refractivity contribution in [1.29, 1.82) is 0 Å². The number of hydrogen-bond donors (Lipinski definition) is 0. The maximum absolute atomic E-state index is 5.90. The summed E-state index contributed by atoms with van der Waals surface area (Å²) < 4.78 is 45.7. The third-order valence-corrected chi connectivity index (χ3v) is 4.98. The molecule has 0 spiro atoms. The van der Waals surface area contributed by atoms with Crippen LogP contribution in [-0.4, -0.2) is 75.0 Å². The van der Waals surface area contributed by atoms with Gasteiger partial charge in [-0.25, -0.2) is 0 Å². The monoisotopic (exact) mass is 394 g/mol. The SMILES string of the molecule is CO[C@H]1O[C@H](C#CC#C[C@H]2O[C@H](OC)[C@H]3OC(C)(C)O[C@H]32)[C@@H]2OC(C)(C)O[C@H]12. The molecule has 0 amide bonds. The molecular formula is C20H26O8. The Balaban J connectivity index is 1.44. The first-order valence-corrected chi connectivity index (χ1v) is 9.32. The Morgan fingerprint density at radius 3 is 1.32 bits per heavy atom. The maximum atomic E-state index is 5.90. The Morgan fingerprint density at radius 1 is 0.607 bits per heavy atom. The van der Waals surface area contributed by atoms with Gasteiger partial charge in [0.15, 0.2) is 36.4 Å². The van der Waals surface area contributed by atoms with Gasteiger partial charge in [-0.3, -0.25) is 0 Å². The minimum Gasteiger partial charge on any atom is -0.353 e. The molecule has 0 bridgehead atoms. The topological polar surface area (TPSA) is 73.8 Å². The largest absolute Gasteiger partial charge is 0.353 e. The first-order chi connectivity index (χ1) is 13.2. The number of fused-ring (bicyclic) bond motifs is 2. The smallest absolute Gasteiger partial charge is 0.187 e. The van der Waals surface area contributed by atoms with Gasteiger partial charge in [0.1, 0.15) is 24.4 Å². The molecule has 8 heteroatoms. The van der Waals surface area contributed by atoms with E-state index in [1.165, 1.54) is 0 Å². The fourth-order valence-electron chi connectivity index (χ4n) is 3.95. The maximum Gasteiger partial charge on any atom is 0.187 e. The lowest BCUT2D eigenvalue weighted by Gasteiger charge is -2.22. The number of methoxy groups -OCH3 is 2. The lowest BCUT2D eigenvalue weighted by molar-refractivity contribution is -0.220. The molecule has 8 nitrogen and oxygen atoms in total. The van der Waals surface area contributed by atoms with Crippen LogP contribution in [0.1, 0.15) is 27.7 Å². The second-order valence-corrected chi connectivity index (χ2v) is 7.99. The molecule has 28 heavy (non-hydrogen) atoms. The molecule has 4 saturated heterocycles. The highest BCUT2D eigenvalue weighted by molar-refractivity contribution is 5.31. The lowest BCUT2D eigenvalue weighted by Crippen LogP contribution is -2.30. The van der Waals surface area contributed by atoms with Crippen LogP contribution in [0.5, 0.6) is 0 Å². The summed E-state index contributed by atoms with van der Waals surface area (Å²) in [5.41, 5.74) is 0. The molecule has 8 atom stereocenters. The van der Waals surface area contributed by atoms with Gasteiger partial charge in [-0.1, -0.05) is 11.8 Å². The van der Waals surface area contributed by atoms with Crippen molar-refractivity contribution in [2.24, 2.45) is 0 Å². The number of ether oxygens (including phenoxy) is 8. The molecule has 0 unspecified atom stereocenters. The average Bonchev–Trinajstić information content (AvgIpc) is 3.29. The normalized spacial score (nSPS) is 44.9. The van der Waals surface area contributed by atoms with Crippen molar-refractivity contribution in [2.45, 2.75) is 88.5 Å². The van der Waals surface area contributed by atoms with E-state index in [2.05, 4.69) is 23.7 Å². The van der Waals surface area contributed by atoms with Crippen LogP contribution >= 0.6 is 0 Å². The Hall–Kier alpha value is -1.20. The summed E-state index contributed by atoms with van der Waals surface area (Å²) in [7, 11) is 3.13. The molecule has 4 heterocycles. The molecule has 0 aliphatic carbocycles. The Labute approximate surface area is 165 Å². The fourth-order valence-corrected chi connectivity index (χ4v) is 3.95. The van der Waals surface area contributed by atoms with E-state index in [-0.39, 0.29) is 24.4 Å². The minimum atomic E-state index is -0.698. The molecule has 0 aromatic rings. The van der Waals surface area contributed by atoms with Gasteiger partial charge in [0.05, 0.1) is 0 Å². The Morgan fingerprint density at radius 2 is 0.964 bits per heavy atom. The second-order valence-electron chi connectivity index (χ2n) is 7.99. The minimum absolute atomic E-state index is 0.320. The van der Waals surface area contributed by atoms with E-state index in [4.69, 9.17) is 37.9 Å². The molecule has 4 aliphatic heterocycles. The molecule has 0 aromatic carbocycles. The number of rotatable bonds is 2. The van der Waals surface area contributed by atoms with Crippen LogP contribution in [0.25, 0.3) is 0 Å². The van der Waals surface area contributed by atoms with Crippen LogP contribution in [-0.2, 0) is 37.9 Å². The van der Waals surface area contributed by atoms with E-state index < -0.39 is 36.4 Å². The molecular weight excluding hydrogens is 368 g/mol. The molecule has 154 valence electrons. The third-order valence-electron chi connectivity index (χ3n) is 4.98. The summed E-state index contributed by atoms with van der Waals surface area (Å²) >= 11 is 0. The van der Waals surface area contributed by atoms with Crippen molar-refractivity contribution in [1.82, 2.24) is 0 Å². The fraction of sp³-hybridized carbons (Fsp3) is 0.800. The first kappa shape index (κ1) is 20.1. The number of hydrogen-bond acceptors (Lipinski definition) is 8. The first-order valence-electron chi connectivity index (χ1n) is 9.32. The predicted octanol–water partition coefficient (Wildman–Crippen LogP) is 0.776. The van der Waals surface area contributed by atoms with Crippen LogP contribution in [0.3, 0.4) is 0 Å². The van der Waals surface area contributed by atoms with Gasteiger partial charge in [-0.2, -0.15) is 0 Å². The second kappa shape index (κ2) is 7.24. The summed E-state index contributed by atoms with van der Waals surface area (Å²) in [5.74, 6) is 10.2. The molecule has 0 radical (unpaired) electrons. The van der Waals surface area contributed by atoms with Crippen LogP contribution < -0.4 is 0 Å². The van der Waals surface area contributed by atoms with E-state index in [1.807, 2.05) is 27.7 Å². The van der Waals surface area contributed by atoms with Gasteiger partial charge in [-0.05, 0) is 39.5 Å². The Kier molecular flexibility index (Phi) is 5.20. The van der Waals surface area contributed by atoms with Crippen molar-refractivity contribution in [3.63, 3.8) is 0 Å². The van der Waals surface area contributed by atoms with Crippen molar-refractivity contribution in [3.8, 4) is 23.7 Å². The van der Waals surface area contributed by atoms with Gasteiger partial charge in [0.2, 0.25) is 0 Å². The van der Waals surface area contributed by atoms with Gasteiger partial charge in [0, 0.05) is 14.2 Å². The highest BCUT2D eigenvalue weighted by Crippen LogP contribution is 2.39. The van der Waals surface area contributed by atoms with Crippen molar-refractivity contribution >= 4 is 0 Å². The van der Waals surface area contributed by atoms with E-state index in [9.17, 15) is 0 Å². The molecule has 4 rings (SSSR count). The van der Waals surface area contributed by atoms with E-state index in [0.717, 1.165) is 0 Å². The van der Waals surface area contributed by atoms with Crippen molar-refractivity contribution < 1.29 is 37.9 Å². The summed E-state index contributed by atoms with van der Waals surface area (Å²) in [6, 6.07) is 0. The zero-order valence-electron chi connectivity index (χ0n) is 16.9. The van der Waals surface area contributed by atoms with E-state index >= 15 is 0 Å². The summed E-state index contributed by atoms with van der Waals surface area (Å²) in [6.07, 6.45) is -3.31. The molecule has 0 aromatic heterocycles. The Bertz CT molecular complexity index is 664. The quantitative estimate of drug-likeness (QED) is 0.636. The van der Waals surface area contributed by atoms with Crippen molar-refractivity contribution in [3.05, 3.63) is 0 Å². The highest BCUT2D eigenvalue weighted by Gasteiger charge is 2.56. The predicted molar refractivity (Wildman–Crippen MR) is 94.5 cm³/mol. The van der Waals surface area contributed by atoms with E-state index in [0.29, 0.717) is 0 Å². The third kappa shape index (κ3) is 3.68. The highest BCUT2D eigenvalue weighted by atomic mass is 16.8. The average molecular weight is 394 g/mol. The van der Waals surface area contributed by atoms with Crippen LogP contribution in [0.2, 0.25) is 0 Å². The summed E-state index contributed by atoms with van der Waals surface area (Å²) in [4.78, 5) is 0. The van der Waals surface area contributed by atoms with Crippen LogP contribution in [0, 0.1) is 23.7 Å². The van der Waals surface area contributed by atoms with Crippen LogP contribution in [0.4, 0.5) is 0 Å². The summed E-state index contributed by atoms with van der Waals surface area (Å²) in [5, 5.41) is 0. The van der Waals surface area contributed by atoms with Gasteiger partial charge in [-0.15, -0.1) is 0 Å². The van der Waals surface area contributed by atoms with Crippen LogP contribution in [0.15, 0.2) is 0 Å². The van der Waals surface area contributed by atoms with E-state index in [1.54, 1.807) is 14.2 Å².